The Labute approximate surface area is 177 Å². The molecule has 164 valence electrons. The Balaban J connectivity index is 3.62. The van der Waals surface area contributed by atoms with Gasteiger partial charge in [0.2, 0.25) is 0 Å². The number of rotatable bonds is 18. The fourth-order valence-corrected chi connectivity index (χ4v) is 2.31. The van der Waals surface area contributed by atoms with E-state index in [1.165, 1.54) is 0 Å². The zero-order valence-corrected chi connectivity index (χ0v) is 18.3. The number of aliphatic hydroxyl groups excluding tert-OH is 1. The van der Waals surface area contributed by atoms with Gasteiger partial charge in [-0.15, -0.1) is 0 Å². The summed E-state index contributed by atoms with van der Waals surface area (Å²) in [5.74, 6) is -0.284. The Bertz CT molecular complexity index is 515. The Hall–Kier alpha value is -1.91. The topological polar surface area (TPSA) is 55.8 Å². The van der Waals surface area contributed by atoms with E-state index in [1.54, 1.807) is 0 Å². The molecule has 0 saturated carbocycles. The second-order valence-corrected chi connectivity index (χ2v) is 6.62. The number of carbonyl (C=O) groups is 1. The molecule has 1 atom stereocenters. The second kappa shape index (κ2) is 22.4. The number of aliphatic hydroxyl groups is 1. The second-order valence-electron chi connectivity index (χ2n) is 6.62. The molecule has 1 unspecified atom stereocenters. The highest BCUT2D eigenvalue weighted by Gasteiger charge is 2.12. The van der Waals surface area contributed by atoms with Gasteiger partial charge in [-0.3, -0.25) is 4.79 Å². The van der Waals surface area contributed by atoms with Crippen LogP contribution in [0.5, 0.6) is 0 Å². The van der Waals surface area contributed by atoms with Gasteiger partial charge in [0.15, 0.2) is 0 Å². The van der Waals surface area contributed by atoms with E-state index in [9.17, 15) is 9.90 Å². The Morgan fingerprint density at radius 2 is 1.34 bits per heavy atom. The van der Waals surface area contributed by atoms with E-state index in [2.05, 4.69) is 67.7 Å². The maximum Gasteiger partial charge on any atom is 0.306 e. The zero-order valence-electron chi connectivity index (χ0n) is 18.3. The molecular formula is C25H40O4. The maximum absolute atomic E-state index is 11.4. The lowest BCUT2D eigenvalue weighted by molar-refractivity contribution is -0.154. The average Bonchev–Trinajstić information content (AvgIpc) is 2.72. The lowest BCUT2D eigenvalue weighted by Crippen LogP contribution is -2.27. The molecule has 0 spiro atoms. The molecule has 1 N–H and O–H groups in total. The number of hydrogen-bond acceptors (Lipinski definition) is 4. The smallest absolute Gasteiger partial charge is 0.306 e. The van der Waals surface area contributed by atoms with E-state index in [4.69, 9.17) is 9.47 Å². The highest BCUT2D eigenvalue weighted by molar-refractivity contribution is 5.69. The summed E-state index contributed by atoms with van der Waals surface area (Å²) < 4.78 is 10.6. The molecule has 0 aromatic heterocycles. The molecular weight excluding hydrogens is 364 g/mol. The van der Waals surface area contributed by atoms with Crippen LogP contribution in [-0.2, 0) is 14.3 Å². The van der Waals surface area contributed by atoms with Crippen molar-refractivity contribution in [2.75, 3.05) is 19.8 Å². The quantitative estimate of drug-likeness (QED) is 0.177. The van der Waals surface area contributed by atoms with Crippen LogP contribution in [0.15, 0.2) is 60.8 Å². The molecule has 0 bridgehead atoms. The Kier molecular flexibility index (Phi) is 20.9. The van der Waals surface area contributed by atoms with E-state index in [-0.39, 0.29) is 19.2 Å². The molecule has 0 heterocycles. The maximum atomic E-state index is 11.4. The van der Waals surface area contributed by atoms with Gasteiger partial charge in [0.1, 0.15) is 6.10 Å². The largest absolute Gasteiger partial charge is 0.457 e. The van der Waals surface area contributed by atoms with Crippen molar-refractivity contribution in [1.29, 1.82) is 0 Å². The molecule has 0 aliphatic rings. The molecule has 0 saturated heterocycles. The van der Waals surface area contributed by atoms with Gasteiger partial charge in [-0.2, -0.15) is 0 Å². The predicted octanol–water partition coefficient (Wildman–Crippen LogP) is 5.85. The van der Waals surface area contributed by atoms with Crippen molar-refractivity contribution in [3.8, 4) is 0 Å². The summed E-state index contributed by atoms with van der Waals surface area (Å²) in [7, 11) is 0. The van der Waals surface area contributed by atoms with Crippen LogP contribution in [0.4, 0.5) is 0 Å². The van der Waals surface area contributed by atoms with E-state index in [0.717, 1.165) is 44.9 Å². The molecule has 0 amide bonds. The minimum Gasteiger partial charge on any atom is -0.457 e. The Morgan fingerprint density at radius 1 is 0.828 bits per heavy atom. The summed E-state index contributed by atoms with van der Waals surface area (Å²) in [6, 6.07) is 0. The Morgan fingerprint density at radius 3 is 1.83 bits per heavy atom. The number of hydrogen-bond donors (Lipinski definition) is 1. The summed E-state index contributed by atoms with van der Waals surface area (Å²) in [6.07, 6.45) is 28.0. The van der Waals surface area contributed by atoms with Crippen molar-refractivity contribution in [1.82, 2.24) is 0 Å². The van der Waals surface area contributed by atoms with E-state index in [0.29, 0.717) is 13.0 Å². The average molecular weight is 405 g/mol. The summed E-state index contributed by atoms with van der Waals surface area (Å²) >= 11 is 0. The van der Waals surface area contributed by atoms with Gasteiger partial charge in [0.25, 0.3) is 0 Å². The standard InChI is InChI=1S/C25H40O4/c1-3-5-6-7-8-9-10-11-12-13-14-15-16-17-18-19-21-28-23-24(22-26)29-25(27)20-4-2/h5-6,8-9,11-12,14-15,17-18,24,26H,3-4,7,10,13,16,19-23H2,1-2H3/b6-5-,9-8-,12-11-,15-14-,18-17-. The molecule has 29 heavy (non-hydrogen) atoms. The van der Waals surface area contributed by atoms with Crippen LogP contribution in [0.3, 0.4) is 0 Å². The number of ether oxygens (including phenoxy) is 2. The van der Waals surface area contributed by atoms with Gasteiger partial charge in [0.05, 0.1) is 19.8 Å². The third-order valence-electron chi connectivity index (χ3n) is 3.85. The van der Waals surface area contributed by atoms with Gasteiger partial charge in [0, 0.05) is 6.42 Å². The summed E-state index contributed by atoms with van der Waals surface area (Å²) in [5, 5.41) is 9.20. The molecule has 0 rings (SSSR count). The minimum absolute atomic E-state index is 0.211. The van der Waals surface area contributed by atoms with E-state index >= 15 is 0 Å². The van der Waals surface area contributed by atoms with Crippen LogP contribution in [0.25, 0.3) is 0 Å². The highest BCUT2D eigenvalue weighted by Crippen LogP contribution is 2.00. The van der Waals surface area contributed by atoms with Crippen LogP contribution in [-0.4, -0.2) is 37.0 Å². The first-order chi connectivity index (χ1) is 14.2. The van der Waals surface area contributed by atoms with Crippen molar-refractivity contribution in [3.63, 3.8) is 0 Å². The SMILES string of the molecule is CC/C=C\C/C=C\C/C=C\C/C=C\C/C=C\CCOCC(CO)OC(=O)CCC. The van der Waals surface area contributed by atoms with Crippen molar-refractivity contribution < 1.29 is 19.4 Å². The van der Waals surface area contributed by atoms with Crippen LogP contribution in [0, 0.1) is 0 Å². The van der Waals surface area contributed by atoms with E-state index < -0.39 is 6.10 Å². The van der Waals surface area contributed by atoms with Crippen molar-refractivity contribution in [3.05, 3.63) is 60.8 Å². The molecule has 0 radical (unpaired) electrons. The molecule has 4 nitrogen and oxygen atoms in total. The van der Waals surface area contributed by atoms with Gasteiger partial charge in [-0.25, -0.2) is 0 Å². The molecule has 4 heteroatoms. The number of allylic oxidation sites excluding steroid dienone is 9. The molecule has 0 aromatic carbocycles. The van der Waals surface area contributed by atoms with Crippen molar-refractivity contribution in [2.24, 2.45) is 0 Å². The first-order valence-corrected chi connectivity index (χ1v) is 10.9. The normalized spacial score (nSPS) is 13.6. The van der Waals surface area contributed by atoms with Gasteiger partial charge >= 0.3 is 5.97 Å². The first-order valence-electron chi connectivity index (χ1n) is 10.9. The predicted molar refractivity (Wildman–Crippen MR) is 122 cm³/mol. The highest BCUT2D eigenvalue weighted by atomic mass is 16.6. The van der Waals surface area contributed by atoms with Crippen molar-refractivity contribution in [2.45, 2.75) is 71.3 Å². The van der Waals surface area contributed by atoms with Gasteiger partial charge in [-0.1, -0.05) is 74.6 Å². The van der Waals surface area contributed by atoms with Crippen LogP contribution in [0.1, 0.15) is 65.2 Å². The zero-order chi connectivity index (χ0) is 21.4. The lowest BCUT2D eigenvalue weighted by Gasteiger charge is -2.15. The van der Waals surface area contributed by atoms with Crippen LogP contribution < -0.4 is 0 Å². The lowest BCUT2D eigenvalue weighted by atomic mass is 10.2. The monoisotopic (exact) mass is 404 g/mol. The summed E-state index contributed by atoms with van der Waals surface area (Å²) in [4.78, 5) is 11.4. The molecule has 0 aliphatic heterocycles. The third-order valence-corrected chi connectivity index (χ3v) is 3.85. The van der Waals surface area contributed by atoms with E-state index in [1.807, 2.05) is 6.92 Å². The van der Waals surface area contributed by atoms with Crippen molar-refractivity contribution >= 4 is 5.97 Å². The van der Waals surface area contributed by atoms with Gasteiger partial charge < -0.3 is 14.6 Å². The van der Waals surface area contributed by atoms with Gasteiger partial charge in [-0.05, 0) is 44.9 Å². The fraction of sp³-hybridized carbons (Fsp3) is 0.560. The molecule has 0 aliphatic carbocycles. The number of esters is 1. The summed E-state index contributed by atoms with van der Waals surface area (Å²) in [6.45, 7) is 4.63. The molecule has 0 fully saturated rings. The molecule has 0 aromatic rings. The first kappa shape index (κ1) is 27.1. The number of carbonyl (C=O) groups excluding carboxylic acids is 1. The minimum atomic E-state index is -0.567. The van der Waals surface area contributed by atoms with Crippen LogP contribution >= 0.6 is 0 Å². The summed E-state index contributed by atoms with van der Waals surface area (Å²) in [5.41, 5.74) is 0. The third kappa shape index (κ3) is 20.6. The van der Waals surface area contributed by atoms with Crippen LogP contribution in [0.2, 0.25) is 0 Å². The fourth-order valence-electron chi connectivity index (χ4n) is 2.31.